The van der Waals surface area contributed by atoms with Crippen molar-refractivity contribution in [1.29, 1.82) is 0 Å². The van der Waals surface area contributed by atoms with E-state index < -0.39 is 5.97 Å². The average Bonchev–Trinajstić information content (AvgIpc) is 3.14. The fourth-order valence-corrected chi connectivity index (χ4v) is 3.20. The van der Waals surface area contributed by atoms with E-state index in [1.54, 1.807) is 6.26 Å². The number of ether oxygens (including phenoxy) is 1. The average molecular weight is 373 g/mol. The van der Waals surface area contributed by atoms with Gasteiger partial charge in [0.1, 0.15) is 18.7 Å². The number of hydrogen-bond donors (Lipinski definition) is 1. The predicted octanol–water partition coefficient (Wildman–Crippen LogP) is 3.99. The van der Waals surface area contributed by atoms with E-state index in [-0.39, 0.29) is 25.5 Å². The first-order chi connectivity index (χ1) is 13.7. The molecule has 0 saturated carbocycles. The maximum absolute atomic E-state index is 12.3. The monoisotopic (exact) mass is 373 g/mol. The van der Waals surface area contributed by atoms with Crippen molar-refractivity contribution >= 4 is 33.6 Å². The largest absolute Gasteiger partial charge is 0.464 e. The smallest absolute Gasteiger partial charge is 0.325 e. The molecule has 28 heavy (non-hydrogen) atoms. The number of nitrogens with one attached hydrogen (secondary N) is 1. The van der Waals surface area contributed by atoms with Crippen LogP contribution in [0.5, 0.6) is 0 Å². The molecule has 1 aromatic heterocycles. The van der Waals surface area contributed by atoms with Crippen LogP contribution >= 0.6 is 0 Å². The van der Waals surface area contributed by atoms with Gasteiger partial charge in [-0.15, -0.1) is 0 Å². The van der Waals surface area contributed by atoms with E-state index in [1.165, 1.54) is 0 Å². The normalized spacial score (nSPS) is 10.9. The third-order valence-electron chi connectivity index (χ3n) is 4.56. The minimum absolute atomic E-state index is 0.132. The zero-order valence-corrected chi connectivity index (χ0v) is 15.2. The van der Waals surface area contributed by atoms with Crippen LogP contribution in [0.3, 0.4) is 0 Å². The number of furan rings is 1. The molecule has 4 rings (SSSR count). The Morgan fingerprint density at radius 3 is 2.57 bits per heavy atom. The molecule has 4 aromatic rings. The van der Waals surface area contributed by atoms with E-state index in [2.05, 4.69) is 5.32 Å². The van der Waals surface area contributed by atoms with Crippen LogP contribution in [0.1, 0.15) is 11.1 Å². The van der Waals surface area contributed by atoms with Gasteiger partial charge in [0.15, 0.2) is 0 Å². The van der Waals surface area contributed by atoms with Gasteiger partial charge in [-0.1, -0.05) is 60.7 Å². The first-order valence-electron chi connectivity index (χ1n) is 9.05. The summed E-state index contributed by atoms with van der Waals surface area (Å²) in [5.74, 6) is -0.730. The second kappa shape index (κ2) is 7.96. The summed E-state index contributed by atoms with van der Waals surface area (Å²) < 4.78 is 10.8. The van der Waals surface area contributed by atoms with Gasteiger partial charge in [-0.3, -0.25) is 9.59 Å². The van der Waals surface area contributed by atoms with E-state index in [0.717, 1.165) is 32.9 Å². The quantitative estimate of drug-likeness (QED) is 0.519. The highest BCUT2D eigenvalue weighted by Gasteiger charge is 2.14. The molecular weight excluding hydrogens is 354 g/mol. The number of fused-ring (bicyclic) bond motifs is 3. The van der Waals surface area contributed by atoms with Crippen LogP contribution < -0.4 is 5.32 Å². The van der Waals surface area contributed by atoms with Crippen molar-refractivity contribution in [2.45, 2.75) is 13.0 Å². The van der Waals surface area contributed by atoms with Crippen LogP contribution in [0.2, 0.25) is 0 Å². The lowest BCUT2D eigenvalue weighted by Crippen LogP contribution is -2.31. The van der Waals surface area contributed by atoms with Gasteiger partial charge in [0, 0.05) is 10.9 Å². The van der Waals surface area contributed by atoms with Crippen molar-refractivity contribution in [3.63, 3.8) is 0 Å². The second-order valence-electron chi connectivity index (χ2n) is 6.52. The number of amides is 1. The molecule has 5 heteroatoms. The molecular formula is C23H19NO4. The molecule has 1 heterocycles. The molecule has 1 amide bonds. The Hall–Kier alpha value is -3.60. The van der Waals surface area contributed by atoms with Gasteiger partial charge < -0.3 is 14.5 Å². The molecule has 0 fully saturated rings. The van der Waals surface area contributed by atoms with E-state index in [1.807, 2.05) is 66.7 Å². The Morgan fingerprint density at radius 1 is 0.929 bits per heavy atom. The summed E-state index contributed by atoms with van der Waals surface area (Å²) in [6.45, 7) is 0.0239. The highest BCUT2D eigenvalue weighted by molar-refractivity contribution is 6.08. The van der Waals surface area contributed by atoms with Crippen LogP contribution in [0, 0.1) is 0 Å². The second-order valence-corrected chi connectivity index (χ2v) is 6.52. The summed E-state index contributed by atoms with van der Waals surface area (Å²) in [6.07, 6.45) is 1.73. The summed E-state index contributed by atoms with van der Waals surface area (Å²) in [5, 5.41) is 5.67. The Balaban J connectivity index is 1.37. The van der Waals surface area contributed by atoms with Gasteiger partial charge >= 0.3 is 5.97 Å². The molecule has 0 unspecified atom stereocenters. The Kier molecular flexibility index (Phi) is 5.06. The molecule has 0 atom stereocenters. The standard InChI is InChI=1S/C23H19NO4/c25-21(24-13-22(26)28-14-16-6-2-1-3-7-16)12-18-15-27-20-11-10-17-8-4-5-9-19(17)23(18)20/h1-11,15H,12-14H2,(H,24,25). The maximum atomic E-state index is 12.3. The lowest BCUT2D eigenvalue weighted by Gasteiger charge is -2.07. The van der Waals surface area contributed by atoms with E-state index >= 15 is 0 Å². The van der Waals surface area contributed by atoms with Crippen molar-refractivity contribution in [3.8, 4) is 0 Å². The minimum Gasteiger partial charge on any atom is -0.464 e. The molecule has 5 nitrogen and oxygen atoms in total. The van der Waals surface area contributed by atoms with Crippen LogP contribution in [0.15, 0.2) is 77.4 Å². The van der Waals surface area contributed by atoms with Gasteiger partial charge in [-0.25, -0.2) is 0 Å². The summed E-state index contributed by atoms with van der Waals surface area (Å²) in [6, 6.07) is 21.3. The first kappa shape index (κ1) is 17.8. The molecule has 3 aromatic carbocycles. The predicted molar refractivity (Wildman–Crippen MR) is 107 cm³/mol. The minimum atomic E-state index is -0.472. The molecule has 0 spiro atoms. The zero-order valence-electron chi connectivity index (χ0n) is 15.2. The van der Waals surface area contributed by atoms with E-state index in [0.29, 0.717) is 0 Å². The van der Waals surface area contributed by atoms with E-state index in [4.69, 9.17) is 9.15 Å². The highest BCUT2D eigenvalue weighted by Crippen LogP contribution is 2.30. The maximum Gasteiger partial charge on any atom is 0.325 e. The first-order valence-corrected chi connectivity index (χ1v) is 9.05. The van der Waals surface area contributed by atoms with Gasteiger partial charge in [0.05, 0.1) is 12.7 Å². The number of rotatable bonds is 6. The van der Waals surface area contributed by atoms with Crippen LogP contribution in [0.25, 0.3) is 21.7 Å². The van der Waals surface area contributed by atoms with Crippen molar-refractivity contribution < 1.29 is 18.7 Å². The van der Waals surface area contributed by atoms with Crippen LogP contribution in [0.4, 0.5) is 0 Å². The molecule has 0 aliphatic rings. The summed E-state index contributed by atoms with van der Waals surface area (Å²) in [7, 11) is 0. The molecule has 0 saturated heterocycles. The Bertz CT molecular complexity index is 1130. The van der Waals surface area contributed by atoms with Gasteiger partial charge in [-0.2, -0.15) is 0 Å². The molecule has 140 valence electrons. The lowest BCUT2D eigenvalue weighted by molar-refractivity contribution is -0.145. The number of carbonyl (C=O) groups is 2. The fraction of sp³-hybridized carbons (Fsp3) is 0.130. The summed E-state index contributed by atoms with van der Waals surface area (Å²) in [4.78, 5) is 24.2. The molecule has 0 bridgehead atoms. The highest BCUT2D eigenvalue weighted by atomic mass is 16.5. The Labute approximate surface area is 161 Å². The summed E-state index contributed by atoms with van der Waals surface area (Å²) in [5.41, 5.74) is 2.43. The van der Waals surface area contributed by atoms with Gasteiger partial charge in [0.25, 0.3) is 0 Å². The van der Waals surface area contributed by atoms with Crippen LogP contribution in [-0.2, 0) is 27.4 Å². The van der Waals surface area contributed by atoms with Crippen molar-refractivity contribution in [2.75, 3.05) is 6.54 Å². The van der Waals surface area contributed by atoms with Gasteiger partial charge in [0.2, 0.25) is 5.91 Å². The van der Waals surface area contributed by atoms with Crippen molar-refractivity contribution in [1.82, 2.24) is 5.32 Å². The SMILES string of the molecule is O=C(Cc1coc2ccc3ccccc3c12)NCC(=O)OCc1ccccc1. The molecule has 1 N–H and O–H groups in total. The van der Waals surface area contributed by atoms with E-state index in [9.17, 15) is 9.59 Å². The molecule has 0 aliphatic heterocycles. The number of hydrogen-bond acceptors (Lipinski definition) is 4. The number of carbonyl (C=O) groups excluding carboxylic acids is 2. The van der Waals surface area contributed by atoms with Crippen molar-refractivity contribution in [2.24, 2.45) is 0 Å². The fourth-order valence-electron chi connectivity index (χ4n) is 3.20. The topological polar surface area (TPSA) is 68.5 Å². The Morgan fingerprint density at radius 2 is 1.71 bits per heavy atom. The van der Waals surface area contributed by atoms with Crippen LogP contribution in [-0.4, -0.2) is 18.4 Å². The molecule has 0 aliphatic carbocycles. The van der Waals surface area contributed by atoms with Crippen molar-refractivity contribution in [3.05, 3.63) is 84.1 Å². The third-order valence-corrected chi connectivity index (χ3v) is 4.56. The third kappa shape index (κ3) is 3.88. The molecule has 0 radical (unpaired) electrons. The summed E-state index contributed by atoms with van der Waals surface area (Å²) >= 11 is 0. The number of esters is 1. The van der Waals surface area contributed by atoms with Gasteiger partial charge in [-0.05, 0) is 22.4 Å². The number of benzene rings is 3. The lowest BCUT2D eigenvalue weighted by atomic mass is 10.0. The zero-order chi connectivity index (χ0) is 19.3.